The molecule has 1 aromatic carbocycles. The van der Waals surface area contributed by atoms with Crippen molar-refractivity contribution in [2.45, 2.75) is 26.8 Å². The first kappa shape index (κ1) is 17.4. The first-order valence-electron chi connectivity index (χ1n) is 5.97. The van der Waals surface area contributed by atoms with E-state index in [1.165, 1.54) is 0 Å². The molecular weight excluding hydrogens is 350 g/mol. The van der Waals surface area contributed by atoms with Gasteiger partial charge in [0.1, 0.15) is 11.7 Å². The minimum absolute atomic E-state index is 0.182. The molecule has 0 aromatic heterocycles. The second-order valence-corrected chi connectivity index (χ2v) is 6.40. The molecule has 1 atom stereocenters. The number of carboxylic acid groups (broad SMARTS) is 1. The predicted molar refractivity (Wildman–Crippen MR) is 77.1 cm³/mol. The molecule has 0 radical (unpaired) electrons. The Labute approximate surface area is 128 Å². The number of anilines is 1. The maximum absolute atomic E-state index is 13.6. The van der Waals surface area contributed by atoms with Crippen LogP contribution in [0.3, 0.4) is 0 Å². The van der Waals surface area contributed by atoms with Gasteiger partial charge in [-0.2, -0.15) is 0 Å². The zero-order valence-electron chi connectivity index (χ0n) is 11.6. The number of carbonyl (C=O) groups excluding carboxylic acids is 1. The first-order chi connectivity index (χ1) is 9.52. The van der Waals surface area contributed by atoms with Gasteiger partial charge in [-0.3, -0.25) is 0 Å². The fourth-order valence-electron chi connectivity index (χ4n) is 1.59. The third-order valence-corrected chi connectivity index (χ3v) is 3.09. The summed E-state index contributed by atoms with van der Waals surface area (Å²) in [4.78, 5) is 22.8. The molecule has 0 unspecified atom stereocenters. The summed E-state index contributed by atoms with van der Waals surface area (Å²) in [5.74, 6) is -3.19. The Morgan fingerprint density at radius 1 is 1.24 bits per heavy atom. The van der Waals surface area contributed by atoms with Gasteiger partial charge in [0.05, 0.1) is 0 Å². The third-order valence-electron chi connectivity index (χ3n) is 2.63. The van der Waals surface area contributed by atoms with E-state index in [-0.39, 0.29) is 4.47 Å². The zero-order valence-corrected chi connectivity index (χ0v) is 13.2. The maximum Gasteiger partial charge on any atom is 0.326 e. The van der Waals surface area contributed by atoms with Crippen LogP contribution in [0.4, 0.5) is 19.3 Å². The van der Waals surface area contributed by atoms with E-state index in [2.05, 4.69) is 21.2 Å². The van der Waals surface area contributed by atoms with Gasteiger partial charge in [0.25, 0.3) is 0 Å². The third kappa shape index (κ3) is 4.66. The number of rotatable bonds is 3. The molecular formula is C13H15BrF2N2O3. The summed E-state index contributed by atoms with van der Waals surface area (Å²) in [6.45, 7) is 4.85. The number of urea groups is 1. The highest BCUT2D eigenvalue weighted by molar-refractivity contribution is 9.10. The molecule has 0 aliphatic rings. The van der Waals surface area contributed by atoms with E-state index in [1.807, 2.05) is 5.32 Å². The van der Waals surface area contributed by atoms with Crippen LogP contribution in [0.1, 0.15) is 20.8 Å². The van der Waals surface area contributed by atoms with E-state index in [0.717, 1.165) is 12.1 Å². The van der Waals surface area contributed by atoms with Gasteiger partial charge >= 0.3 is 12.0 Å². The monoisotopic (exact) mass is 364 g/mol. The Morgan fingerprint density at radius 2 is 1.71 bits per heavy atom. The number of amides is 2. The molecule has 116 valence electrons. The van der Waals surface area contributed by atoms with Gasteiger partial charge in [-0.1, -0.05) is 36.7 Å². The van der Waals surface area contributed by atoms with Crippen molar-refractivity contribution < 1.29 is 23.5 Å². The number of carbonyl (C=O) groups is 2. The van der Waals surface area contributed by atoms with Gasteiger partial charge in [-0.15, -0.1) is 0 Å². The average molecular weight is 365 g/mol. The largest absolute Gasteiger partial charge is 0.480 e. The SMILES string of the molecule is CC(C)(C)[C@@H](NC(=O)Nc1c(F)cc(Br)cc1F)C(=O)O. The Balaban J connectivity index is 2.90. The molecule has 0 saturated heterocycles. The minimum atomic E-state index is -1.24. The Bertz CT molecular complexity index is 550. The quantitative estimate of drug-likeness (QED) is 0.769. The molecule has 5 nitrogen and oxygen atoms in total. The molecule has 0 heterocycles. The number of halogens is 3. The van der Waals surface area contributed by atoms with Crippen LogP contribution in [0, 0.1) is 17.0 Å². The molecule has 2 amide bonds. The van der Waals surface area contributed by atoms with E-state index >= 15 is 0 Å². The summed E-state index contributed by atoms with van der Waals surface area (Å²) in [6.07, 6.45) is 0. The molecule has 21 heavy (non-hydrogen) atoms. The summed E-state index contributed by atoms with van der Waals surface area (Å²) in [6, 6.07) is -0.245. The van der Waals surface area contributed by atoms with Crippen molar-refractivity contribution in [2.24, 2.45) is 5.41 Å². The standard InChI is InChI=1S/C13H15BrF2N2O3/c1-13(2,3)10(11(19)20)18-12(21)17-9-7(15)4-6(14)5-8(9)16/h4-5,10H,1-3H3,(H,19,20)(H2,17,18,21)/t10-/m0/s1. The van der Waals surface area contributed by atoms with Crippen LogP contribution < -0.4 is 10.6 Å². The zero-order chi connectivity index (χ0) is 16.4. The van der Waals surface area contributed by atoms with Crippen molar-refractivity contribution in [3.63, 3.8) is 0 Å². The summed E-state index contributed by atoms with van der Waals surface area (Å²) in [5, 5.41) is 13.2. The molecule has 0 aliphatic carbocycles. The van der Waals surface area contributed by atoms with Crippen LogP contribution in [0.5, 0.6) is 0 Å². The van der Waals surface area contributed by atoms with Crippen molar-refractivity contribution in [3.05, 3.63) is 28.2 Å². The molecule has 0 fully saturated rings. The van der Waals surface area contributed by atoms with Gasteiger partial charge < -0.3 is 15.7 Å². The van der Waals surface area contributed by atoms with Crippen molar-refractivity contribution in [1.29, 1.82) is 0 Å². The van der Waals surface area contributed by atoms with Crippen LogP contribution in [0.25, 0.3) is 0 Å². The summed E-state index contributed by atoms with van der Waals surface area (Å²) in [5.41, 5.74) is -1.41. The van der Waals surface area contributed by atoms with Gasteiger partial charge in [-0.05, 0) is 17.5 Å². The van der Waals surface area contributed by atoms with Crippen LogP contribution >= 0.6 is 15.9 Å². The van der Waals surface area contributed by atoms with Crippen molar-refractivity contribution in [1.82, 2.24) is 5.32 Å². The number of hydrogen-bond acceptors (Lipinski definition) is 2. The smallest absolute Gasteiger partial charge is 0.326 e. The minimum Gasteiger partial charge on any atom is -0.480 e. The molecule has 0 spiro atoms. The Hall–Kier alpha value is -1.70. The first-order valence-corrected chi connectivity index (χ1v) is 6.76. The van der Waals surface area contributed by atoms with E-state index in [9.17, 15) is 18.4 Å². The van der Waals surface area contributed by atoms with Gasteiger partial charge in [0.2, 0.25) is 0 Å². The topological polar surface area (TPSA) is 78.4 Å². The lowest BCUT2D eigenvalue weighted by molar-refractivity contribution is -0.141. The van der Waals surface area contributed by atoms with Crippen molar-refractivity contribution in [3.8, 4) is 0 Å². The lowest BCUT2D eigenvalue weighted by Gasteiger charge is -2.27. The van der Waals surface area contributed by atoms with Gasteiger partial charge in [0.15, 0.2) is 11.6 Å². The van der Waals surface area contributed by atoms with Crippen LogP contribution in [0.2, 0.25) is 0 Å². The van der Waals surface area contributed by atoms with E-state index in [1.54, 1.807) is 20.8 Å². The van der Waals surface area contributed by atoms with Crippen molar-refractivity contribution >= 4 is 33.6 Å². The Morgan fingerprint density at radius 3 is 2.10 bits per heavy atom. The van der Waals surface area contributed by atoms with Crippen molar-refractivity contribution in [2.75, 3.05) is 5.32 Å². The number of nitrogens with one attached hydrogen (secondary N) is 2. The summed E-state index contributed by atoms with van der Waals surface area (Å²) < 4.78 is 27.3. The molecule has 0 aliphatic heterocycles. The highest BCUT2D eigenvalue weighted by Gasteiger charge is 2.32. The maximum atomic E-state index is 13.6. The molecule has 8 heteroatoms. The molecule has 0 saturated carbocycles. The number of benzene rings is 1. The molecule has 1 aromatic rings. The fourth-order valence-corrected chi connectivity index (χ4v) is 1.99. The number of carboxylic acids is 1. The number of hydrogen-bond donors (Lipinski definition) is 3. The second kappa shape index (κ2) is 6.38. The van der Waals surface area contributed by atoms with E-state index in [0.29, 0.717) is 0 Å². The predicted octanol–water partition coefficient (Wildman–Crippen LogP) is 3.35. The highest BCUT2D eigenvalue weighted by atomic mass is 79.9. The molecule has 0 bridgehead atoms. The average Bonchev–Trinajstić information content (AvgIpc) is 2.28. The van der Waals surface area contributed by atoms with Crippen LogP contribution in [-0.2, 0) is 4.79 Å². The lowest BCUT2D eigenvalue weighted by Crippen LogP contribution is -2.50. The Kier molecular flexibility index (Phi) is 5.27. The molecule has 1 rings (SSSR count). The lowest BCUT2D eigenvalue weighted by atomic mass is 9.87. The second-order valence-electron chi connectivity index (χ2n) is 5.48. The highest BCUT2D eigenvalue weighted by Crippen LogP contribution is 2.24. The molecule has 3 N–H and O–H groups in total. The fraction of sp³-hybridized carbons (Fsp3) is 0.385. The van der Waals surface area contributed by atoms with Crippen LogP contribution in [-0.4, -0.2) is 23.1 Å². The normalized spacial score (nSPS) is 12.7. The number of aliphatic carboxylic acids is 1. The van der Waals surface area contributed by atoms with Crippen LogP contribution in [0.15, 0.2) is 16.6 Å². The van der Waals surface area contributed by atoms with E-state index < -0.39 is 40.8 Å². The van der Waals surface area contributed by atoms with E-state index in [4.69, 9.17) is 5.11 Å². The summed E-state index contributed by atoms with van der Waals surface area (Å²) in [7, 11) is 0. The van der Waals surface area contributed by atoms with Gasteiger partial charge in [0, 0.05) is 4.47 Å². The summed E-state index contributed by atoms with van der Waals surface area (Å²) >= 11 is 2.91. The van der Waals surface area contributed by atoms with Gasteiger partial charge in [-0.25, -0.2) is 18.4 Å².